The third-order valence-electron chi connectivity index (χ3n) is 2.59. The molecule has 19 heavy (non-hydrogen) atoms. The van der Waals surface area contributed by atoms with E-state index in [0.29, 0.717) is 16.2 Å². The summed E-state index contributed by atoms with van der Waals surface area (Å²) in [4.78, 5) is 22.3. The normalized spacial score (nSPS) is 11.2. The number of fused-ring (bicyclic) bond motifs is 1. The van der Waals surface area contributed by atoms with Crippen LogP contribution in [-0.2, 0) is 0 Å². The lowest BCUT2D eigenvalue weighted by Gasteiger charge is -1.98. The predicted octanol–water partition coefficient (Wildman–Crippen LogP) is 3.21. The Kier molecular flexibility index (Phi) is 4.06. The molecule has 0 amide bonds. The zero-order valence-electron chi connectivity index (χ0n) is 10.7. The van der Waals surface area contributed by atoms with Gasteiger partial charge in [-0.3, -0.25) is 9.78 Å². The maximum Gasteiger partial charge on any atom is 0.275 e. The van der Waals surface area contributed by atoms with Gasteiger partial charge in [-0.2, -0.15) is 0 Å². The number of rotatable bonds is 5. The van der Waals surface area contributed by atoms with E-state index in [4.69, 9.17) is 0 Å². The molecule has 2 heterocycles. The second kappa shape index (κ2) is 5.75. The number of allylic oxidation sites excluding steroid dienone is 2. The number of aromatic amines is 2. The molecule has 2 aromatic heterocycles. The van der Waals surface area contributed by atoms with Gasteiger partial charge in [-0.05, 0) is 11.8 Å². The fourth-order valence-electron chi connectivity index (χ4n) is 1.79. The van der Waals surface area contributed by atoms with Crippen molar-refractivity contribution in [1.82, 2.24) is 15.0 Å². The highest BCUT2D eigenvalue weighted by molar-refractivity contribution is 7.99. The molecule has 0 radical (unpaired) electrons. The van der Waals surface area contributed by atoms with Gasteiger partial charge in [0, 0.05) is 11.3 Å². The molecule has 0 spiro atoms. The lowest BCUT2D eigenvalue weighted by atomic mass is 10.2. The van der Waals surface area contributed by atoms with Crippen molar-refractivity contribution in [2.45, 2.75) is 12.1 Å². The number of hydrogen-bond acceptors (Lipinski definition) is 3. The fourth-order valence-corrected chi connectivity index (χ4v) is 2.39. The zero-order valence-corrected chi connectivity index (χ0v) is 11.5. The zero-order chi connectivity index (χ0) is 13.8. The van der Waals surface area contributed by atoms with Gasteiger partial charge >= 0.3 is 0 Å². The standard InChI is InChI=1S/C14H15N3OS/c1-4-7-8-9-10(5-2)15-12-11(9)16-14(19-6-3)17-13(12)18/h4-5,7-8,15H,1-2,6H2,3H3,(H,16,17,18)/b8-7-. The molecular weight excluding hydrogens is 258 g/mol. The summed E-state index contributed by atoms with van der Waals surface area (Å²) >= 11 is 1.50. The van der Waals surface area contributed by atoms with Crippen molar-refractivity contribution in [3.05, 3.63) is 46.9 Å². The first-order valence-corrected chi connectivity index (χ1v) is 6.90. The van der Waals surface area contributed by atoms with Crippen LogP contribution in [0.25, 0.3) is 23.2 Å². The highest BCUT2D eigenvalue weighted by Crippen LogP contribution is 2.22. The van der Waals surface area contributed by atoms with Gasteiger partial charge in [0.1, 0.15) is 11.0 Å². The Balaban J connectivity index is 2.75. The van der Waals surface area contributed by atoms with Gasteiger partial charge in [-0.15, -0.1) is 0 Å². The largest absolute Gasteiger partial charge is 0.349 e. The van der Waals surface area contributed by atoms with Crippen LogP contribution in [0.5, 0.6) is 0 Å². The quantitative estimate of drug-likeness (QED) is 0.499. The second-order valence-corrected chi connectivity index (χ2v) is 5.03. The van der Waals surface area contributed by atoms with Crippen molar-refractivity contribution in [2.75, 3.05) is 5.75 Å². The lowest BCUT2D eigenvalue weighted by molar-refractivity contribution is 0.972. The first-order chi connectivity index (χ1) is 9.21. The third kappa shape index (κ3) is 2.56. The van der Waals surface area contributed by atoms with Crippen LogP contribution in [0.3, 0.4) is 0 Å². The third-order valence-corrected chi connectivity index (χ3v) is 3.34. The van der Waals surface area contributed by atoms with Gasteiger partial charge in [0.15, 0.2) is 5.16 Å². The van der Waals surface area contributed by atoms with Gasteiger partial charge in [-0.1, -0.05) is 50.1 Å². The van der Waals surface area contributed by atoms with E-state index in [2.05, 4.69) is 28.1 Å². The number of nitrogens with one attached hydrogen (secondary N) is 2. The van der Waals surface area contributed by atoms with Crippen LogP contribution < -0.4 is 5.56 Å². The summed E-state index contributed by atoms with van der Waals surface area (Å²) in [6.07, 6.45) is 7.04. The average Bonchev–Trinajstić information content (AvgIpc) is 2.75. The van der Waals surface area contributed by atoms with E-state index in [0.717, 1.165) is 17.0 Å². The van der Waals surface area contributed by atoms with Crippen molar-refractivity contribution in [3.8, 4) is 0 Å². The molecular formula is C14H15N3OS. The first-order valence-electron chi connectivity index (χ1n) is 5.91. The van der Waals surface area contributed by atoms with Crippen molar-refractivity contribution >= 4 is 34.9 Å². The van der Waals surface area contributed by atoms with Crippen LogP contribution in [0.4, 0.5) is 0 Å². The number of nitrogens with zero attached hydrogens (tertiary/aromatic N) is 1. The molecule has 0 fully saturated rings. The van der Waals surface area contributed by atoms with E-state index < -0.39 is 0 Å². The van der Waals surface area contributed by atoms with Gasteiger partial charge in [0.05, 0.1) is 0 Å². The van der Waals surface area contributed by atoms with Crippen LogP contribution >= 0.6 is 11.8 Å². The van der Waals surface area contributed by atoms with Gasteiger partial charge < -0.3 is 4.98 Å². The fraction of sp³-hybridized carbons (Fsp3) is 0.143. The Morgan fingerprint density at radius 1 is 1.37 bits per heavy atom. The summed E-state index contributed by atoms with van der Waals surface area (Å²) in [6.45, 7) is 9.41. The van der Waals surface area contributed by atoms with Crippen LogP contribution in [0.15, 0.2) is 35.3 Å². The van der Waals surface area contributed by atoms with Gasteiger partial charge in [0.25, 0.3) is 5.56 Å². The number of hydrogen-bond donors (Lipinski definition) is 2. The molecule has 0 saturated carbocycles. The molecule has 98 valence electrons. The molecule has 0 bridgehead atoms. The summed E-state index contributed by atoms with van der Waals surface area (Å²) in [5, 5.41) is 0.628. The summed E-state index contributed by atoms with van der Waals surface area (Å²) in [5.41, 5.74) is 2.60. The van der Waals surface area contributed by atoms with Crippen molar-refractivity contribution < 1.29 is 0 Å². The monoisotopic (exact) mass is 273 g/mol. The molecule has 2 N–H and O–H groups in total. The molecule has 2 aromatic rings. The molecule has 2 rings (SSSR count). The molecule has 4 nitrogen and oxygen atoms in total. The molecule has 0 atom stereocenters. The van der Waals surface area contributed by atoms with Crippen LogP contribution in [0, 0.1) is 0 Å². The van der Waals surface area contributed by atoms with Crippen molar-refractivity contribution in [3.63, 3.8) is 0 Å². The number of thioether (sulfide) groups is 1. The Hall–Kier alpha value is -2.01. The minimum absolute atomic E-state index is 0.165. The minimum Gasteiger partial charge on any atom is -0.349 e. The van der Waals surface area contributed by atoms with E-state index in [9.17, 15) is 4.79 Å². The molecule has 0 unspecified atom stereocenters. The maximum absolute atomic E-state index is 12.0. The lowest BCUT2D eigenvalue weighted by Crippen LogP contribution is -2.09. The molecule has 0 aliphatic rings. The number of H-pyrrole nitrogens is 2. The minimum atomic E-state index is -0.165. The van der Waals surface area contributed by atoms with Crippen LogP contribution in [0.2, 0.25) is 0 Å². The molecule has 5 heteroatoms. The molecule has 0 aliphatic heterocycles. The maximum atomic E-state index is 12.0. The SMILES string of the molecule is C=C/C=C\c1c(C=C)[nH]c2c(=O)[nH]c(SCC)nc12. The smallest absolute Gasteiger partial charge is 0.275 e. The van der Waals surface area contributed by atoms with E-state index >= 15 is 0 Å². The Labute approximate surface area is 115 Å². The van der Waals surface area contributed by atoms with E-state index in [1.807, 2.05) is 19.1 Å². The van der Waals surface area contributed by atoms with Gasteiger partial charge in [-0.25, -0.2) is 4.98 Å². The highest BCUT2D eigenvalue weighted by Gasteiger charge is 2.12. The van der Waals surface area contributed by atoms with Crippen molar-refractivity contribution in [2.24, 2.45) is 0 Å². The van der Waals surface area contributed by atoms with Gasteiger partial charge in [0.2, 0.25) is 0 Å². The van der Waals surface area contributed by atoms with E-state index in [1.54, 1.807) is 12.2 Å². The summed E-state index contributed by atoms with van der Waals surface area (Å²) in [6, 6.07) is 0. The van der Waals surface area contributed by atoms with Crippen molar-refractivity contribution in [1.29, 1.82) is 0 Å². The summed E-state index contributed by atoms with van der Waals surface area (Å²) in [5.74, 6) is 0.852. The predicted molar refractivity (Wildman–Crippen MR) is 82.4 cm³/mol. The first kappa shape index (κ1) is 13.4. The molecule has 0 saturated heterocycles. The Morgan fingerprint density at radius 2 is 2.16 bits per heavy atom. The Morgan fingerprint density at radius 3 is 2.79 bits per heavy atom. The highest BCUT2D eigenvalue weighted by atomic mass is 32.2. The second-order valence-electron chi connectivity index (χ2n) is 3.78. The average molecular weight is 273 g/mol. The van der Waals surface area contributed by atoms with E-state index in [-0.39, 0.29) is 5.56 Å². The molecule has 0 aliphatic carbocycles. The number of aromatic nitrogens is 3. The summed E-state index contributed by atoms with van der Waals surface area (Å²) in [7, 11) is 0. The summed E-state index contributed by atoms with van der Waals surface area (Å²) < 4.78 is 0. The van der Waals surface area contributed by atoms with Crippen LogP contribution in [-0.4, -0.2) is 20.7 Å². The Bertz CT molecular complexity index is 709. The topological polar surface area (TPSA) is 61.5 Å². The van der Waals surface area contributed by atoms with E-state index in [1.165, 1.54) is 11.8 Å². The molecule has 0 aromatic carbocycles. The van der Waals surface area contributed by atoms with Crippen LogP contribution in [0.1, 0.15) is 18.2 Å².